The molecule has 4 rings (SSSR count). The average molecular weight is 500 g/mol. The molecule has 0 aliphatic carbocycles. The Bertz CT molecular complexity index is 1130. The number of hydrogen-bond donors (Lipinski definition) is 1. The van der Waals surface area contributed by atoms with Crippen molar-refractivity contribution in [2.75, 3.05) is 11.5 Å². The summed E-state index contributed by atoms with van der Waals surface area (Å²) >= 11 is 17.5. The van der Waals surface area contributed by atoms with Crippen LogP contribution in [0.15, 0.2) is 45.1 Å². The zero-order chi connectivity index (χ0) is 20.4. The molecule has 0 aliphatic heterocycles. The summed E-state index contributed by atoms with van der Waals surface area (Å²) in [5, 5.41) is 3.64. The van der Waals surface area contributed by atoms with E-state index in [0.29, 0.717) is 10.0 Å². The van der Waals surface area contributed by atoms with Gasteiger partial charge in [0.1, 0.15) is 0 Å². The number of carbonyl (C=O) groups excluding carboxylic acids is 2. The summed E-state index contributed by atoms with van der Waals surface area (Å²) in [5.41, 5.74) is 1.60. The van der Waals surface area contributed by atoms with E-state index in [4.69, 9.17) is 23.2 Å². The fourth-order valence-corrected chi connectivity index (χ4v) is 6.39. The molecule has 0 fully saturated rings. The fraction of sp³-hybridized carbons (Fsp3) is 0.111. The van der Waals surface area contributed by atoms with Crippen LogP contribution < -0.4 is 5.32 Å². The van der Waals surface area contributed by atoms with Crippen molar-refractivity contribution >= 4 is 102 Å². The summed E-state index contributed by atoms with van der Waals surface area (Å²) in [5.74, 6) is -0.476. The molecule has 11 heteroatoms. The van der Waals surface area contributed by atoms with Gasteiger partial charge in [0.25, 0.3) is 0 Å². The smallest absolute Gasteiger partial charge is 0.237 e. The van der Waals surface area contributed by atoms with Gasteiger partial charge in [-0.25, -0.2) is 9.97 Å². The zero-order valence-corrected chi connectivity index (χ0v) is 19.3. The Hall–Kier alpha value is -1.36. The van der Waals surface area contributed by atoms with E-state index >= 15 is 0 Å². The quantitative estimate of drug-likeness (QED) is 0.341. The molecule has 4 aromatic rings. The third-order valence-corrected chi connectivity index (χ3v) is 8.42. The second-order valence-electron chi connectivity index (χ2n) is 5.73. The fourth-order valence-electron chi connectivity index (χ4n) is 2.36. The third-order valence-electron chi connectivity index (χ3n) is 3.59. The van der Waals surface area contributed by atoms with Crippen LogP contribution in [0.4, 0.5) is 0 Å². The number of thiazole rings is 2. The highest BCUT2D eigenvalue weighted by atomic mass is 35.5. The van der Waals surface area contributed by atoms with Gasteiger partial charge in [-0.3, -0.25) is 14.9 Å². The van der Waals surface area contributed by atoms with Crippen molar-refractivity contribution in [2.24, 2.45) is 0 Å². The summed E-state index contributed by atoms with van der Waals surface area (Å²) in [6, 6.07) is 11.0. The van der Waals surface area contributed by atoms with E-state index in [1.807, 2.05) is 12.1 Å². The van der Waals surface area contributed by atoms with Crippen molar-refractivity contribution in [1.82, 2.24) is 15.3 Å². The summed E-state index contributed by atoms with van der Waals surface area (Å²) in [6.07, 6.45) is 0. The number of amides is 2. The lowest BCUT2D eigenvalue weighted by molar-refractivity contribution is -0.127. The van der Waals surface area contributed by atoms with Crippen LogP contribution in [0.25, 0.3) is 20.4 Å². The molecule has 0 radical (unpaired) electrons. The molecular formula is C18H11Cl2N3O2S4. The summed E-state index contributed by atoms with van der Waals surface area (Å²) in [6.45, 7) is 0. The van der Waals surface area contributed by atoms with Gasteiger partial charge in [0.2, 0.25) is 11.8 Å². The van der Waals surface area contributed by atoms with Crippen LogP contribution in [-0.2, 0) is 9.59 Å². The van der Waals surface area contributed by atoms with Gasteiger partial charge in [-0.15, -0.1) is 22.7 Å². The highest BCUT2D eigenvalue weighted by Crippen LogP contribution is 2.32. The Morgan fingerprint density at radius 3 is 1.72 bits per heavy atom. The van der Waals surface area contributed by atoms with Crippen molar-refractivity contribution in [3.05, 3.63) is 46.4 Å². The number of rotatable bonds is 6. The lowest BCUT2D eigenvalue weighted by atomic mass is 10.3. The van der Waals surface area contributed by atoms with Crippen molar-refractivity contribution in [3.8, 4) is 0 Å². The third kappa shape index (κ3) is 5.42. The Balaban J connectivity index is 1.26. The Morgan fingerprint density at radius 1 is 0.828 bits per heavy atom. The first-order valence-corrected chi connectivity index (χ1v) is 12.5. The molecule has 0 saturated heterocycles. The van der Waals surface area contributed by atoms with E-state index in [0.717, 1.165) is 29.1 Å². The number of benzene rings is 2. The van der Waals surface area contributed by atoms with Gasteiger partial charge in [-0.2, -0.15) is 0 Å². The number of imide groups is 1. The second-order valence-corrected chi connectivity index (χ2v) is 11.1. The topological polar surface area (TPSA) is 72.0 Å². The molecule has 29 heavy (non-hydrogen) atoms. The van der Waals surface area contributed by atoms with Gasteiger partial charge >= 0.3 is 0 Å². The number of halogens is 2. The molecule has 2 aromatic heterocycles. The van der Waals surface area contributed by atoms with Crippen LogP contribution in [0, 0.1) is 0 Å². The normalized spacial score (nSPS) is 11.2. The molecule has 2 aromatic carbocycles. The lowest BCUT2D eigenvalue weighted by Crippen LogP contribution is -2.33. The van der Waals surface area contributed by atoms with Crippen molar-refractivity contribution in [1.29, 1.82) is 0 Å². The molecular weight excluding hydrogens is 489 g/mol. The van der Waals surface area contributed by atoms with Crippen LogP contribution in [0.2, 0.25) is 10.0 Å². The predicted octanol–water partition coefficient (Wildman–Crippen LogP) is 5.74. The van der Waals surface area contributed by atoms with Crippen molar-refractivity contribution in [3.63, 3.8) is 0 Å². The number of fused-ring (bicyclic) bond motifs is 2. The van der Waals surface area contributed by atoms with E-state index in [9.17, 15) is 9.59 Å². The molecule has 0 atom stereocenters. The monoisotopic (exact) mass is 499 g/mol. The van der Waals surface area contributed by atoms with Gasteiger partial charge < -0.3 is 0 Å². The van der Waals surface area contributed by atoms with Crippen molar-refractivity contribution < 1.29 is 9.59 Å². The summed E-state index contributed by atoms with van der Waals surface area (Å²) in [4.78, 5) is 33.0. The number of hydrogen-bond acceptors (Lipinski definition) is 8. The summed E-state index contributed by atoms with van der Waals surface area (Å²) in [7, 11) is 0. The molecule has 0 unspecified atom stereocenters. The van der Waals surface area contributed by atoms with Crippen LogP contribution in [0.5, 0.6) is 0 Å². The Labute approximate surface area is 192 Å². The van der Waals surface area contributed by atoms with Gasteiger partial charge in [0, 0.05) is 10.0 Å². The zero-order valence-electron chi connectivity index (χ0n) is 14.5. The van der Waals surface area contributed by atoms with E-state index < -0.39 is 0 Å². The molecule has 0 bridgehead atoms. The molecule has 0 aliphatic rings. The number of thioether (sulfide) groups is 2. The van der Waals surface area contributed by atoms with Crippen LogP contribution in [-0.4, -0.2) is 33.3 Å². The minimum absolute atomic E-state index is 0.115. The summed E-state index contributed by atoms with van der Waals surface area (Å²) < 4.78 is 3.52. The maximum Gasteiger partial charge on any atom is 0.237 e. The van der Waals surface area contributed by atoms with E-state index in [1.54, 1.807) is 24.3 Å². The molecule has 1 N–H and O–H groups in total. The molecule has 5 nitrogen and oxygen atoms in total. The van der Waals surface area contributed by atoms with Crippen LogP contribution in [0.3, 0.4) is 0 Å². The number of aromatic nitrogens is 2. The average Bonchev–Trinajstić information content (AvgIpc) is 3.27. The highest BCUT2D eigenvalue weighted by Gasteiger charge is 2.13. The first kappa shape index (κ1) is 20.9. The number of carbonyl (C=O) groups is 2. The first-order valence-electron chi connectivity index (χ1n) is 8.17. The maximum atomic E-state index is 12.1. The largest absolute Gasteiger partial charge is 0.295 e. The predicted molar refractivity (Wildman–Crippen MR) is 124 cm³/mol. The molecule has 2 amide bonds. The van der Waals surface area contributed by atoms with E-state index in [2.05, 4.69) is 15.3 Å². The van der Waals surface area contributed by atoms with Gasteiger partial charge in [0.05, 0.1) is 31.9 Å². The SMILES string of the molecule is O=C(CSc1nc2cc(Cl)ccc2s1)NC(=O)CSc1nc2cc(Cl)ccc2s1. The number of nitrogens with zero attached hydrogens (tertiary/aromatic N) is 2. The van der Waals surface area contributed by atoms with Gasteiger partial charge in [0.15, 0.2) is 8.68 Å². The first-order chi connectivity index (χ1) is 14.0. The Kier molecular flexibility index (Phi) is 6.63. The van der Waals surface area contributed by atoms with E-state index in [-0.39, 0.29) is 23.3 Å². The minimum atomic E-state index is -0.353. The van der Waals surface area contributed by atoms with Crippen LogP contribution in [0.1, 0.15) is 0 Å². The van der Waals surface area contributed by atoms with Gasteiger partial charge in [-0.1, -0.05) is 46.7 Å². The molecule has 0 spiro atoms. The highest BCUT2D eigenvalue weighted by molar-refractivity contribution is 8.02. The van der Waals surface area contributed by atoms with Crippen molar-refractivity contribution in [2.45, 2.75) is 8.68 Å². The molecule has 0 saturated carbocycles. The standard InChI is InChI=1S/C18H11Cl2N3O2S4/c19-9-1-3-13-11(5-9)21-17(28-13)26-7-15(24)23-16(25)8-27-18-22-12-6-10(20)2-4-14(12)29-18/h1-6H,7-8H2,(H,23,24,25). The van der Waals surface area contributed by atoms with E-state index in [1.165, 1.54) is 46.2 Å². The Morgan fingerprint density at radius 2 is 1.28 bits per heavy atom. The molecule has 148 valence electrons. The van der Waals surface area contributed by atoms with Crippen LogP contribution >= 0.6 is 69.4 Å². The maximum absolute atomic E-state index is 12.1. The van der Waals surface area contributed by atoms with Gasteiger partial charge in [-0.05, 0) is 36.4 Å². The minimum Gasteiger partial charge on any atom is -0.295 e. The second kappa shape index (κ2) is 9.20. The number of nitrogens with one attached hydrogen (secondary N) is 1. The lowest BCUT2D eigenvalue weighted by Gasteiger charge is -2.01. The molecule has 2 heterocycles.